The van der Waals surface area contributed by atoms with Crippen LogP contribution in [0.25, 0.3) is 21.1 Å². The number of hydrogen-bond donors (Lipinski definition) is 2. The standard InChI is InChI=1S/C20H22N6O2S/c1-26(2)6-7-28-17-10-15-13(9-16(17)27-3)19(23-11-22-15)25-20-24-14-5-4-12(21)8-18(14)29-20/h4-5,8-11H,6-7,21H2,1-3H3,(H,22,23,24,25). The van der Waals surface area contributed by atoms with E-state index in [2.05, 4.69) is 25.2 Å². The van der Waals surface area contributed by atoms with Crippen LogP contribution in [-0.4, -0.2) is 54.2 Å². The molecule has 0 unspecified atom stereocenters. The number of nitrogens with one attached hydrogen (secondary N) is 1. The van der Waals surface area contributed by atoms with E-state index in [9.17, 15) is 0 Å². The first kappa shape index (κ1) is 19.2. The van der Waals surface area contributed by atoms with Crippen molar-refractivity contribution in [3.05, 3.63) is 36.7 Å². The van der Waals surface area contributed by atoms with Crippen LogP contribution in [0.4, 0.5) is 16.6 Å². The van der Waals surface area contributed by atoms with Gasteiger partial charge in [0.05, 0.1) is 22.8 Å². The molecule has 0 aliphatic heterocycles. The molecule has 2 heterocycles. The molecule has 3 N–H and O–H groups in total. The minimum absolute atomic E-state index is 0.555. The summed E-state index contributed by atoms with van der Waals surface area (Å²) in [6.45, 7) is 1.36. The monoisotopic (exact) mass is 410 g/mol. The lowest BCUT2D eigenvalue weighted by atomic mass is 10.2. The average Bonchev–Trinajstić information content (AvgIpc) is 3.08. The van der Waals surface area contributed by atoms with E-state index >= 15 is 0 Å². The fraction of sp³-hybridized carbons (Fsp3) is 0.250. The molecule has 0 aliphatic carbocycles. The molecule has 150 valence electrons. The van der Waals surface area contributed by atoms with E-state index in [1.54, 1.807) is 7.11 Å². The molecular weight excluding hydrogens is 388 g/mol. The predicted molar refractivity (Wildman–Crippen MR) is 117 cm³/mol. The van der Waals surface area contributed by atoms with Crippen molar-refractivity contribution in [2.45, 2.75) is 0 Å². The highest BCUT2D eigenvalue weighted by Crippen LogP contribution is 2.36. The van der Waals surface area contributed by atoms with Gasteiger partial charge in [-0.05, 0) is 38.4 Å². The van der Waals surface area contributed by atoms with Crippen LogP contribution in [0.3, 0.4) is 0 Å². The molecule has 0 bridgehead atoms. The van der Waals surface area contributed by atoms with Crippen LogP contribution in [0.2, 0.25) is 0 Å². The maximum atomic E-state index is 5.89. The van der Waals surface area contributed by atoms with Gasteiger partial charge in [0.2, 0.25) is 0 Å². The Balaban J connectivity index is 1.67. The zero-order chi connectivity index (χ0) is 20.4. The lowest BCUT2D eigenvalue weighted by Crippen LogP contribution is -2.19. The third-order valence-electron chi connectivity index (χ3n) is 4.35. The van der Waals surface area contributed by atoms with Crippen LogP contribution < -0.4 is 20.5 Å². The fourth-order valence-electron chi connectivity index (χ4n) is 2.87. The number of nitrogens with zero attached hydrogens (tertiary/aromatic N) is 4. The number of hydrogen-bond acceptors (Lipinski definition) is 9. The van der Waals surface area contributed by atoms with Crippen molar-refractivity contribution in [1.82, 2.24) is 19.9 Å². The number of methoxy groups -OCH3 is 1. The minimum Gasteiger partial charge on any atom is -0.493 e. The second-order valence-electron chi connectivity index (χ2n) is 6.77. The number of aromatic nitrogens is 3. The Morgan fingerprint density at radius 3 is 2.76 bits per heavy atom. The third-order valence-corrected chi connectivity index (χ3v) is 5.29. The first-order valence-electron chi connectivity index (χ1n) is 9.07. The van der Waals surface area contributed by atoms with E-state index in [0.717, 1.165) is 32.8 Å². The fourth-order valence-corrected chi connectivity index (χ4v) is 3.78. The van der Waals surface area contributed by atoms with Crippen LogP contribution in [0.15, 0.2) is 36.7 Å². The van der Waals surface area contributed by atoms with Crippen LogP contribution >= 0.6 is 11.3 Å². The number of anilines is 3. The lowest BCUT2D eigenvalue weighted by molar-refractivity contribution is 0.251. The predicted octanol–water partition coefficient (Wildman–Crippen LogP) is 3.51. The van der Waals surface area contributed by atoms with E-state index in [1.165, 1.54) is 17.7 Å². The molecule has 29 heavy (non-hydrogen) atoms. The molecule has 0 saturated heterocycles. The van der Waals surface area contributed by atoms with E-state index in [1.807, 2.05) is 44.4 Å². The molecule has 0 spiro atoms. The van der Waals surface area contributed by atoms with E-state index < -0.39 is 0 Å². The number of rotatable bonds is 7. The number of fused-ring (bicyclic) bond motifs is 2. The van der Waals surface area contributed by atoms with Gasteiger partial charge >= 0.3 is 0 Å². The second kappa shape index (κ2) is 8.06. The molecule has 0 amide bonds. The Morgan fingerprint density at radius 1 is 1.10 bits per heavy atom. The summed E-state index contributed by atoms with van der Waals surface area (Å²) in [5, 5.41) is 4.85. The number of nitrogen functional groups attached to an aromatic ring is 1. The minimum atomic E-state index is 0.555. The summed E-state index contributed by atoms with van der Waals surface area (Å²) in [7, 11) is 5.62. The van der Waals surface area contributed by atoms with Gasteiger partial charge in [0.15, 0.2) is 16.6 Å². The smallest absolute Gasteiger partial charge is 0.189 e. The number of ether oxygens (including phenoxy) is 2. The maximum absolute atomic E-state index is 5.89. The molecule has 0 aliphatic rings. The van der Waals surface area contributed by atoms with Crippen LogP contribution in [-0.2, 0) is 0 Å². The molecule has 9 heteroatoms. The molecule has 4 aromatic rings. The normalized spacial score (nSPS) is 11.3. The molecule has 2 aromatic carbocycles. The highest BCUT2D eigenvalue weighted by molar-refractivity contribution is 7.22. The molecule has 0 fully saturated rings. The SMILES string of the molecule is COc1cc2c(Nc3nc4ccc(N)cc4s3)ncnc2cc1OCCN(C)C. The molecule has 0 atom stereocenters. The summed E-state index contributed by atoms with van der Waals surface area (Å²) in [6.07, 6.45) is 1.52. The van der Waals surface area contributed by atoms with Gasteiger partial charge in [0, 0.05) is 23.7 Å². The molecule has 0 saturated carbocycles. The molecule has 0 radical (unpaired) electrons. The number of nitrogens with two attached hydrogens (primary N) is 1. The second-order valence-corrected chi connectivity index (χ2v) is 7.80. The van der Waals surface area contributed by atoms with Gasteiger partial charge in [-0.25, -0.2) is 15.0 Å². The largest absolute Gasteiger partial charge is 0.493 e. The van der Waals surface area contributed by atoms with Gasteiger partial charge in [0.1, 0.15) is 18.8 Å². The summed E-state index contributed by atoms with van der Waals surface area (Å²) >= 11 is 1.52. The van der Waals surface area contributed by atoms with Crippen molar-refractivity contribution in [2.24, 2.45) is 0 Å². The van der Waals surface area contributed by atoms with Crippen LogP contribution in [0, 0.1) is 0 Å². The Labute approximate surface area is 172 Å². The first-order valence-corrected chi connectivity index (χ1v) is 9.88. The summed E-state index contributed by atoms with van der Waals surface area (Å²) in [5.74, 6) is 1.94. The number of benzene rings is 2. The van der Waals surface area contributed by atoms with Crippen molar-refractivity contribution < 1.29 is 9.47 Å². The van der Waals surface area contributed by atoms with Gasteiger partial charge < -0.3 is 25.4 Å². The third kappa shape index (κ3) is 4.15. The quantitative estimate of drug-likeness (QED) is 0.447. The van der Waals surface area contributed by atoms with Gasteiger partial charge in [-0.1, -0.05) is 11.3 Å². The van der Waals surface area contributed by atoms with E-state index in [0.29, 0.717) is 29.6 Å². The number of likely N-dealkylation sites (N-methyl/N-ethyl adjacent to an activating group) is 1. The lowest BCUT2D eigenvalue weighted by Gasteiger charge is -2.15. The van der Waals surface area contributed by atoms with Crippen molar-refractivity contribution in [3.8, 4) is 11.5 Å². The van der Waals surface area contributed by atoms with E-state index in [4.69, 9.17) is 15.2 Å². The van der Waals surface area contributed by atoms with E-state index in [-0.39, 0.29) is 0 Å². The molecule has 2 aromatic heterocycles. The zero-order valence-corrected chi connectivity index (χ0v) is 17.3. The van der Waals surface area contributed by atoms with Crippen LogP contribution in [0.1, 0.15) is 0 Å². The summed E-state index contributed by atoms with van der Waals surface area (Å²) in [4.78, 5) is 15.4. The van der Waals surface area contributed by atoms with Crippen molar-refractivity contribution >= 4 is 49.1 Å². The van der Waals surface area contributed by atoms with Gasteiger partial charge in [-0.3, -0.25) is 0 Å². The topological polar surface area (TPSA) is 98.4 Å². The Morgan fingerprint density at radius 2 is 1.97 bits per heavy atom. The van der Waals surface area contributed by atoms with Gasteiger partial charge in [-0.15, -0.1) is 0 Å². The highest BCUT2D eigenvalue weighted by atomic mass is 32.1. The summed E-state index contributed by atoms with van der Waals surface area (Å²) in [5.41, 5.74) is 8.23. The average molecular weight is 411 g/mol. The van der Waals surface area contributed by atoms with Crippen molar-refractivity contribution in [1.29, 1.82) is 0 Å². The Bertz CT molecular complexity index is 1160. The highest BCUT2D eigenvalue weighted by Gasteiger charge is 2.13. The Kier molecular flexibility index (Phi) is 5.32. The summed E-state index contributed by atoms with van der Waals surface area (Å²) < 4.78 is 12.4. The zero-order valence-electron chi connectivity index (χ0n) is 16.5. The Hall–Kier alpha value is -3.17. The van der Waals surface area contributed by atoms with Crippen molar-refractivity contribution in [2.75, 3.05) is 45.4 Å². The first-order chi connectivity index (χ1) is 14.0. The number of thiazole rings is 1. The van der Waals surface area contributed by atoms with Crippen molar-refractivity contribution in [3.63, 3.8) is 0 Å². The van der Waals surface area contributed by atoms with Gasteiger partial charge in [-0.2, -0.15) is 0 Å². The van der Waals surface area contributed by atoms with Gasteiger partial charge in [0.25, 0.3) is 0 Å². The molecule has 8 nitrogen and oxygen atoms in total. The molecular formula is C20H22N6O2S. The van der Waals surface area contributed by atoms with Crippen LogP contribution in [0.5, 0.6) is 11.5 Å². The molecule has 4 rings (SSSR count). The maximum Gasteiger partial charge on any atom is 0.189 e. The summed E-state index contributed by atoms with van der Waals surface area (Å²) in [6, 6.07) is 9.42.